The molecule has 1 fully saturated rings. The van der Waals surface area contributed by atoms with Gasteiger partial charge in [0.2, 0.25) is 0 Å². The Bertz CT molecular complexity index is 456. The minimum atomic E-state index is -0.925. The number of carbonyl (C=O) groups is 1. The summed E-state index contributed by atoms with van der Waals surface area (Å²) in [6.07, 6.45) is 2.46. The number of rotatable bonds is 5. The van der Waals surface area contributed by atoms with Crippen LogP contribution in [-0.2, 0) is 0 Å². The average molecular weight is 263 g/mol. The number of benzene rings is 1. The lowest BCUT2D eigenvalue weighted by atomic mass is 10.0. The van der Waals surface area contributed by atoms with E-state index >= 15 is 0 Å². The predicted molar refractivity (Wildman–Crippen MR) is 73.8 cm³/mol. The molecule has 0 amide bonds. The van der Waals surface area contributed by atoms with Gasteiger partial charge in [-0.05, 0) is 51.4 Å². The summed E-state index contributed by atoms with van der Waals surface area (Å²) in [7, 11) is 0. The van der Waals surface area contributed by atoms with Gasteiger partial charge in [-0.25, -0.2) is 4.79 Å². The summed E-state index contributed by atoms with van der Waals surface area (Å²) in [5, 5.41) is 8.91. The van der Waals surface area contributed by atoms with Gasteiger partial charge in [-0.3, -0.25) is 4.90 Å². The van der Waals surface area contributed by atoms with E-state index < -0.39 is 5.97 Å². The molecule has 1 saturated heterocycles. The van der Waals surface area contributed by atoms with E-state index in [0.717, 1.165) is 13.1 Å². The summed E-state index contributed by atoms with van der Waals surface area (Å²) >= 11 is 0. The number of carboxylic acid groups (broad SMARTS) is 1. The summed E-state index contributed by atoms with van der Waals surface area (Å²) in [6, 6.07) is 6.64. The fraction of sp³-hybridized carbons (Fsp3) is 0.533. The average Bonchev–Trinajstić information content (AvgIpc) is 2.69. The molecule has 0 aromatic heterocycles. The van der Waals surface area contributed by atoms with Crippen LogP contribution < -0.4 is 4.74 Å². The van der Waals surface area contributed by atoms with Crippen LogP contribution in [0.3, 0.4) is 0 Å². The fourth-order valence-corrected chi connectivity index (χ4v) is 2.57. The van der Waals surface area contributed by atoms with E-state index in [1.54, 1.807) is 24.3 Å². The number of hydrogen-bond donors (Lipinski definition) is 1. The van der Waals surface area contributed by atoms with Crippen molar-refractivity contribution in [3.05, 3.63) is 29.8 Å². The van der Waals surface area contributed by atoms with E-state index in [0.29, 0.717) is 12.4 Å². The van der Waals surface area contributed by atoms with Crippen LogP contribution in [0.15, 0.2) is 24.3 Å². The van der Waals surface area contributed by atoms with E-state index in [9.17, 15) is 4.79 Å². The quantitative estimate of drug-likeness (QED) is 0.887. The highest BCUT2D eigenvalue weighted by molar-refractivity contribution is 5.87. The third-order valence-electron chi connectivity index (χ3n) is 3.78. The van der Waals surface area contributed by atoms with Crippen LogP contribution in [0.25, 0.3) is 0 Å². The maximum atomic E-state index is 10.9. The SMILES string of the molecule is CC1(C)CCCN1CCOc1cccc(C(=O)O)c1. The number of ether oxygens (including phenoxy) is 1. The van der Waals surface area contributed by atoms with Crippen LogP contribution >= 0.6 is 0 Å². The molecule has 2 rings (SSSR count). The Balaban J connectivity index is 1.86. The zero-order chi connectivity index (χ0) is 13.9. The Kier molecular flexibility index (Phi) is 4.10. The van der Waals surface area contributed by atoms with Crippen molar-refractivity contribution in [1.29, 1.82) is 0 Å². The summed E-state index contributed by atoms with van der Waals surface area (Å²) in [4.78, 5) is 13.3. The minimum absolute atomic E-state index is 0.256. The lowest BCUT2D eigenvalue weighted by Crippen LogP contribution is -2.40. The van der Waals surface area contributed by atoms with Gasteiger partial charge in [0.25, 0.3) is 0 Å². The summed E-state index contributed by atoms with van der Waals surface area (Å²) in [5.74, 6) is -0.303. The summed E-state index contributed by atoms with van der Waals surface area (Å²) in [5.41, 5.74) is 0.519. The van der Waals surface area contributed by atoms with Crippen molar-refractivity contribution in [2.24, 2.45) is 0 Å². The maximum absolute atomic E-state index is 10.9. The molecular formula is C15H21NO3. The molecule has 0 spiro atoms. The molecule has 1 N–H and O–H groups in total. The molecule has 0 unspecified atom stereocenters. The third kappa shape index (κ3) is 3.47. The Morgan fingerprint density at radius 1 is 1.47 bits per heavy atom. The molecular weight excluding hydrogens is 242 g/mol. The molecule has 0 radical (unpaired) electrons. The minimum Gasteiger partial charge on any atom is -0.492 e. The molecule has 0 bridgehead atoms. The van der Waals surface area contributed by atoms with Crippen molar-refractivity contribution in [3.8, 4) is 5.75 Å². The van der Waals surface area contributed by atoms with Crippen LogP contribution in [0.1, 0.15) is 37.0 Å². The summed E-state index contributed by atoms with van der Waals surface area (Å²) in [6.45, 7) is 7.10. The van der Waals surface area contributed by atoms with Crippen LogP contribution in [0.4, 0.5) is 0 Å². The van der Waals surface area contributed by atoms with Crippen LogP contribution in [0.2, 0.25) is 0 Å². The van der Waals surface area contributed by atoms with Crippen molar-refractivity contribution in [3.63, 3.8) is 0 Å². The highest BCUT2D eigenvalue weighted by Crippen LogP contribution is 2.27. The highest BCUT2D eigenvalue weighted by Gasteiger charge is 2.31. The van der Waals surface area contributed by atoms with E-state index in [4.69, 9.17) is 9.84 Å². The van der Waals surface area contributed by atoms with Crippen molar-refractivity contribution < 1.29 is 14.6 Å². The molecule has 0 aliphatic carbocycles. The smallest absolute Gasteiger partial charge is 0.335 e. The van der Waals surface area contributed by atoms with Crippen molar-refractivity contribution in [2.45, 2.75) is 32.2 Å². The van der Waals surface area contributed by atoms with Gasteiger partial charge in [-0.1, -0.05) is 6.07 Å². The molecule has 4 heteroatoms. The number of carboxylic acids is 1. The van der Waals surface area contributed by atoms with Gasteiger partial charge >= 0.3 is 5.97 Å². The van der Waals surface area contributed by atoms with Crippen molar-refractivity contribution >= 4 is 5.97 Å². The Morgan fingerprint density at radius 2 is 2.26 bits per heavy atom. The van der Waals surface area contributed by atoms with E-state index in [-0.39, 0.29) is 11.1 Å². The summed E-state index contributed by atoms with van der Waals surface area (Å²) < 4.78 is 5.65. The van der Waals surface area contributed by atoms with Gasteiger partial charge < -0.3 is 9.84 Å². The first kappa shape index (κ1) is 13.9. The zero-order valence-electron chi connectivity index (χ0n) is 11.6. The Labute approximate surface area is 114 Å². The lowest BCUT2D eigenvalue weighted by Gasteiger charge is -2.31. The fourth-order valence-electron chi connectivity index (χ4n) is 2.57. The van der Waals surface area contributed by atoms with Gasteiger partial charge in [0.15, 0.2) is 0 Å². The van der Waals surface area contributed by atoms with Gasteiger partial charge in [-0.2, -0.15) is 0 Å². The molecule has 1 aromatic rings. The number of aromatic carboxylic acids is 1. The standard InChI is InChI=1S/C15H21NO3/c1-15(2)7-4-8-16(15)9-10-19-13-6-3-5-12(11-13)14(17)18/h3,5-6,11H,4,7-10H2,1-2H3,(H,17,18). The molecule has 0 saturated carbocycles. The van der Waals surface area contributed by atoms with Gasteiger partial charge in [0, 0.05) is 12.1 Å². The van der Waals surface area contributed by atoms with E-state index in [1.807, 2.05) is 0 Å². The van der Waals surface area contributed by atoms with Crippen LogP contribution in [0.5, 0.6) is 5.75 Å². The molecule has 1 aliphatic heterocycles. The van der Waals surface area contributed by atoms with E-state index in [2.05, 4.69) is 18.7 Å². The monoisotopic (exact) mass is 263 g/mol. The topological polar surface area (TPSA) is 49.8 Å². The molecule has 1 aliphatic rings. The number of likely N-dealkylation sites (tertiary alicyclic amines) is 1. The second-order valence-electron chi connectivity index (χ2n) is 5.58. The normalized spacial score (nSPS) is 18.4. The lowest BCUT2D eigenvalue weighted by molar-refractivity contribution is 0.0696. The second kappa shape index (κ2) is 5.61. The third-order valence-corrected chi connectivity index (χ3v) is 3.78. The maximum Gasteiger partial charge on any atom is 0.335 e. The van der Waals surface area contributed by atoms with E-state index in [1.165, 1.54) is 12.8 Å². The first-order chi connectivity index (χ1) is 8.99. The predicted octanol–water partition coefficient (Wildman–Crippen LogP) is 2.64. The molecule has 104 valence electrons. The second-order valence-corrected chi connectivity index (χ2v) is 5.58. The van der Waals surface area contributed by atoms with Crippen molar-refractivity contribution in [2.75, 3.05) is 19.7 Å². The van der Waals surface area contributed by atoms with Gasteiger partial charge in [-0.15, -0.1) is 0 Å². The van der Waals surface area contributed by atoms with Crippen LogP contribution in [-0.4, -0.2) is 41.2 Å². The molecule has 19 heavy (non-hydrogen) atoms. The van der Waals surface area contributed by atoms with Crippen molar-refractivity contribution in [1.82, 2.24) is 4.90 Å². The Morgan fingerprint density at radius 3 is 2.89 bits per heavy atom. The van der Waals surface area contributed by atoms with Gasteiger partial charge in [0.1, 0.15) is 12.4 Å². The van der Waals surface area contributed by atoms with Crippen LogP contribution in [0, 0.1) is 0 Å². The first-order valence-electron chi connectivity index (χ1n) is 6.70. The number of nitrogens with zero attached hydrogens (tertiary/aromatic N) is 1. The molecule has 1 aromatic carbocycles. The zero-order valence-corrected chi connectivity index (χ0v) is 11.6. The Hall–Kier alpha value is -1.55. The number of hydrogen-bond acceptors (Lipinski definition) is 3. The molecule has 4 nitrogen and oxygen atoms in total. The largest absolute Gasteiger partial charge is 0.492 e. The molecule has 0 atom stereocenters. The van der Waals surface area contributed by atoms with Gasteiger partial charge in [0.05, 0.1) is 5.56 Å². The molecule has 1 heterocycles. The first-order valence-corrected chi connectivity index (χ1v) is 6.70. The highest BCUT2D eigenvalue weighted by atomic mass is 16.5.